The number of hydrogen-bond acceptors (Lipinski definition) is 5. The van der Waals surface area contributed by atoms with Gasteiger partial charge in [0.25, 0.3) is 5.56 Å². The summed E-state index contributed by atoms with van der Waals surface area (Å²) in [6.45, 7) is 6.02. The highest BCUT2D eigenvalue weighted by Crippen LogP contribution is 2.36. The second-order valence-corrected chi connectivity index (χ2v) is 9.61. The number of rotatable bonds is 4. The van der Waals surface area contributed by atoms with Crippen molar-refractivity contribution in [2.75, 3.05) is 5.75 Å². The molecule has 7 heteroatoms. The van der Waals surface area contributed by atoms with Gasteiger partial charge in [0.1, 0.15) is 4.83 Å². The molecule has 0 amide bonds. The van der Waals surface area contributed by atoms with Gasteiger partial charge in [0.15, 0.2) is 5.16 Å². The second-order valence-electron chi connectivity index (χ2n) is 7.58. The van der Waals surface area contributed by atoms with Crippen molar-refractivity contribution < 1.29 is 0 Å². The highest BCUT2D eigenvalue weighted by Gasteiger charge is 2.24. The number of fused-ring (bicyclic) bond motifs is 5. The van der Waals surface area contributed by atoms with Gasteiger partial charge in [-0.25, -0.2) is 8.97 Å². The molecule has 0 radical (unpaired) electrons. The molecule has 148 valence electrons. The molecule has 1 aliphatic carbocycles. The maximum Gasteiger partial charge on any atom is 0.268 e. The van der Waals surface area contributed by atoms with Crippen LogP contribution in [0.2, 0.25) is 0 Å². The predicted octanol–water partition coefficient (Wildman–Crippen LogP) is 5.03. The lowest BCUT2D eigenvalue weighted by Crippen LogP contribution is -2.22. The van der Waals surface area contributed by atoms with Crippen molar-refractivity contribution in [3.8, 4) is 5.69 Å². The van der Waals surface area contributed by atoms with Crippen LogP contribution < -0.4 is 5.56 Å². The summed E-state index contributed by atoms with van der Waals surface area (Å²) in [7, 11) is 0. The number of aryl methyl sites for hydroxylation is 2. The van der Waals surface area contributed by atoms with E-state index in [0.29, 0.717) is 5.78 Å². The summed E-state index contributed by atoms with van der Waals surface area (Å²) >= 11 is 3.37. The van der Waals surface area contributed by atoms with E-state index in [1.165, 1.54) is 23.3 Å². The summed E-state index contributed by atoms with van der Waals surface area (Å²) in [6.07, 6.45) is 5.58. The molecule has 0 N–H and O–H groups in total. The lowest BCUT2D eigenvalue weighted by molar-refractivity contribution is 0.713. The molecule has 0 bridgehead atoms. The average Bonchev–Trinajstić information content (AvgIpc) is 3.21. The Morgan fingerprint density at radius 1 is 1.17 bits per heavy atom. The lowest BCUT2D eigenvalue weighted by atomic mass is 10.1. The molecule has 0 atom stereocenters. The standard InChI is InChI=1S/C22H22N4OS2/c1-14(2)13-28-22-24-23-21-25(15-9-5-3-6-10-15)19(27)18-16-11-7-4-8-12-17(16)29-20(18)26(21)22/h3,5-6,9-10H,1,4,7-8,11-13H2,2H3. The third kappa shape index (κ3) is 3.13. The minimum atomic E-state index is 0.0157. The molecular weight excluding hydrogens is 400 g/mol. The van der Waals surface area contributed by atoms with E-state index in [2.05, 4.69) is 21.2 Å². The van der Waals surface area contributed by atoms with E-state index in [4.69, 9.17) is 0 Å². The Morgan fingerprint density at radius 2 is 1.97 bits per heavy atom. The first kappa shape index (κ1) is 18.6. The van der Waals surface area contributed by atoms with E-state index in [1.807, 2.05) is 37.3 Å². The van der Waals surface area contributed by atoms with Crippen molar-refractivity contribution in [2.45, 2.75) is 44.2 Å². The molecule has 1 aliphatic rings. The van der Waals surface area contributed by atoms with E-state index >= 15 is 0 Å². The van der Waals surface area contributed by atoms with Crippen LogP contribution in [0.5, 0.6) is 0 Å². The number of thiophene rings is 1. The van der Waals surface area contributed by atoms with Crippen LogP contribution >= 0.6 is 23.1 Å². The molecule has 0 spiro atoms. The first-order valence-electron chi connectivity index (χ1n) is 9.92. The van der Waals surface area contributed by atoms with Crippen LogP contribution in [0.25, 0.3) is 21.7 Å². The fourth-order valence-corrected chi connectivity index (χ4v) is 6.20. The summed E-state index contributed by atoms with van der Waals surface area (Å²) < 4.78 is 3.80. The van der Waals surface area contributed by atoms with Crippen LogP contribution in [-0.4, -0.2) is 24.9 Å². The number of benzene rings is 1. The molecule has 1 aromatic carbocycles. The van der Waals surface area contributed by atoms with Gasteiger partial charge < -0.3 is 0 Å². The minimum absolute atomic E-state index is 0.0157. The molecule has 29 heavy (non-hydrogen) atoms. The van der Waals surface area contributed by atoms with Crippen LogP contribution in [0.15, 0.2) is 52.4 Å². The Hall–Kier alpha value is -2.38. The molecule has 3 heterocycles. The topological polar surface area (TPSA) is 52.2 Å². The first-order valence-corrected chi connectivity index (χ1v) is 11.7. The molecular formula is C22H22N4OS2. The highest BCUT2D eigenvalue weighted by molar-refractivity contribution is 7.99. The zero-order chi connectivity index (χ0) is 20.0. The first-order chi connectivity index (χ1) is 14.1. The Morgan fingerprint density at radius 3 is 2.76 bits per heavy atom. The number of aromatic nitrogens is 4. The van der Waals surface area contributed by atoms with Gasteiger partial charge >= 0.3 is 0 Å². The van der Waals surface area contributed by atoms with Crippen molar-refractivity contribution in [3.05, 3.63) is 63.3 Å². The maximum absolute atomic E-state index is 13.7. The van der Waals surface area contributed by atoms with Crippen molar-refractivity contribution in [2.24, 2.45) is 0 Å². The summed E-state index contributed by atoms with van der Waals surface area (Å²) in [5.74, 6) is 1.35. The van der Waals surface area contributed by atoms with Crippen molar-refractivity contribution >= 4 is 39.1 Å². The average molecular weight is 423 g/mol. The third-order valence-corrected chi connectivity index (χ3v) is 7.74. The molecule has 3 aromatic heterocycles. The van der Waals surface area contributed by atoms with Gasteiger partial charge in [-0.05, 0) is 50.3 Å². The van der Waals surface area contributed by atoms with Crippen LogP contribution in [0.3, 0.4) is 0 Å². The monoisotopic (exact) mass is 422 g/mol. The van der Waals surface area contributed by atoms with Crippen LogP contribution in [0, 0.1) is 0 Å². The van der Waals surface area contributed by atoms with E-state index in [1.54, 1.807) is 27.7 Å². The highest BCUT2D eigenvalue weighted by atomic mass is 32.2. The minimum Gasteiger partial charge on any atom is -0.268 e. The molecule has 0 aliphatic heterocycles. The van der Waals surface area contributed by atoms with Crippen LogP contribution in [0.4, 0.5) is 0 Å². The Kier molecular flexibility index (Phi) is 4.80. The van der Waals surface area contributed by atoms with Gasteiger partial charge in [0.05, 0.1) is 11.1 Å². The summed E-state index contributed by atoms with van der Waals surface area (Å²) in [6, 6.07) is 9.76. The number of thioether (sulfide) groups is 1. The molecule has 0 unspecified atom stereocenters. The Bertz CT molecular complexity index is 1280. The zero-order valence-corrected chi connectivity index (χ0v) is 18.0. The number of hydrogen-bond donors (Lipinski definition) is 0. The molecule has 0 saturated heterocycles. The van der Waals surface area contributed by atoms with Crippen LogP contribution in [0.1, 0.15) is 36.6 Å². The quantitative estimate of drug-likeness (QED) is 0.263. The van der Waals surface area contributed by atoms with Crippen molar-refractivity contribution in [1.82, 2.24) is 19.2 Å². The predicted molar refractivity (Wildman–Crippen MR) is 121 cm³/mol. The van der Waals surface area contributed by atoms with Gasteiger partial charge in [-0.2, -0.15) is 0 Å². The van der Waals surface area contributed by atoms with Crippen LogP contribution in [-0.2, 0) is 12.8 Å². The van der Waals surface area contributed by atoms with Gasteiger partial charge in [0.2, 0.25) is 5.78 Å². The van der Waals surface area contributed by atoms with Crippen molar-refractivity contribution in [3.63, 3.8) is 0 Å². The van der Waals surface area contributed by atoms with E-state index in [-0.39, 0.29) is 5.56 Å². The van der Waals surface area contributed by atoms with Gasteiger partial charge in [-0.3, -0.25) is 4.79 Å². The lowest BCUT2D eigenvalue weighted by Gasteiger charge is -2.10. The zero-order valence-electron chi connectivity index (χ0n) is 16.4. The summed E-state index contributed by atoms with van der Waals surface area (Å²) in [5, 5.41) is 10.6. The summed E-state index contributed by atoms with van der Waals surface area (Å²) in [5.41, 5.74) is 3.16. The fraction of sp³-hybridized carbons (Fsp3) is 0.318. The molecule has 0 fully saturated rings. The van der Waals surface area contributed by atoms with E-state index in [9.17, 15) is 4.79 Å². The Labute approximate surface area is 177 Å². The number of nitrogens with zero attached hydrogens (tertiary/aromatic N) is 4. The number of para-hydroxylation sites is 1. The van der Waals surface area contributed by atoms with E-state index < -0.39 is 0 Å². The molecule has 5 rings (SSSR count). The molecule has 0 saturated carbocycles. The third-order valence-electron chi connectivity index (χ3n) is 5.30. The SMILES string of the molecule is C=C(C)CSc1nnc2n(-c3ccccc3)c(=O)c3c4c(sc3n12)CCCCC4. The molecule has 5 nitrogen and oxygen atoms in total. The normalized spacial score (nSPS) is 14.2. The van der Waals surface area contributed by atoms with Crippen molar-refractivity contribution in [1.29, 1.82) is 0 Å². The molecule has 4 aromatic rings. The van der Waals surface area contributed by atoms with Gasteiger partial charge in [-0.15, -0.1) is 21.5 Å². The Balaban J connectivity index is 1.88. The smallest absolute Gasteiger partial charge is 0.268 e. The van der Waals surface area contributed by atoms with Gasteiger partial charge in [-0.1, -0.05) is 48.5 Å². The van der Waals surface area contributed by atoms with Gasteiger partial charge in [0, 0.05) is 10.6 Å². The maximum atomic E-state index is 13.7. The largest absolute Gasteiger partial charge is 0.268 e. The second kappa shape index (κ2) is 7.46. The fourth-order valence-electron chi connectivity index (χ4n) is 3.98. The van der Waals surface area contributed by atoms with E-state index in [0.717, 1.165) is 51.6 Å². The summed E-state index contributed by atoms with van der Waals surface area (Å²) in [4.78, 5) is 16.1.